The van der Waals surface area contributed by atoms with Crippen LogP contribution in [0.3, 0.4) is 0 Å². The Labute approximate surface area is 98.8 Å². The van der Waals surface area contributed by atoms with Gasteiger partial charge < -0.3 is 10.5 Å². The van der Waals surface area contributed by atoms with Gasteiger partial charge in [0.05, 0.1) is 5.56 Å². The average Bonchev–Trinajstić information content (AvgIpc) is 2.46. The summed E-state index contributed by atoms with van der Waals surface area (Å²) in [6.45, 7) is 0. The van der Waals surface area contributed by atoms with Gasteiger partial charge in [0.15, 0.2) is 5.78 Å². The number of anilines is 1. The third-order valence-electron chi connectivity index (χ3n) is 2.84. The molecule has 1 aliphatic heterocycles. The summed E-state index contributed by atoms with van der Waals surface area (Å²) in [5.41, 5.74) is 7.83. The van der Waals surface area contributed by atoms with Crippen molar-refractivity contribution in [2.45, 2.75) is 6.42 Å². The van der Waals surface area contributed by atoms with E-state index in [4.69, 9.17) is 10.5 Å². The second-order valence-electron chi connectivity index (χ2n) is 4.07. The predicted molar refractivity (Wildman–Crippen MR) is 65.4 cm³/mol. The minimum atomic E-state index is 0.0601. The summed E-state index contributed by atoms with van der Waals surface area (Å²) in [5, 5.41) is 0. The van der Waals surface area contributed by atoms with Crippen LogP contribution in [-0.2, 0) is 6.42 Å². The first kappa shape index (κ1) is 9.90. The van der Waals surface area contributed by atoms with Gasteiger partial charge in [-0.25, -0.2) is 0 Å². The molecule has 17 heavy (non-hydrogen) atoms. The molecule has 3 rings (SSSR count). The number of hydrogen-bond acceptors (Lipinski definition) is 3. The molecule has 2 aromatic carbocycles. The topological polar surface area (TPSA) is 52.3 Å². The summed E-state index contributed by atoms with van der Waals surface area (Å²) in [4.78, 5) is 12.1. The number of fused-ring (bicyclic) bond motifs is 2. The van der Waals surface area contributed by atoms with Gasteiger partial charge in [-0.1, -0.05) is 12.1 Å². The summed E-state index contributed by atoms with van der Waals surface area (Å²) < 4.78 is 5.75. The third-order valence-corrected chi connectivity index (χ3v) is 2.84. The number of ether oxygens (including phenoxy) is 1. The molecule has 0 saturated carbocycles. The summed E-state index contributed by atoms with van der Waals surface area (Å²) in [5.74, 6) is 1.38. The van der Waals surface area contributed by atoms with Gasteiger partial charge in [-0.15, -0.1) is 0 Å². The highest BCUT2D eigenvalue weighted by molar-refractivity contribution is 6.01. The van der Waals surface area contributed by atoms with Crippen molar-refractivity contribution >= 4 is 11.5 Å². The Balaban J connectivity index is 2.17. The molecule has 0 saturated heterocycles. The van der Waals surface area contributed by atoms with Gasteiger partial charge in [-0.3, -0.25) is 4.79 Å². The molecule has 1 heterocycles. The smallest absolute Gasteiger partial charge is 0.171 e. The number of Topliss-reactive ketones (excluding diaryl/α,β-unsaturated/α-hetero) is 1. The number of benzene rings is 2. The molecule has 0 fully saturated rings. The first-order valence-electron chi connectivity index (χ1n) is 5.42. The lowest BCUT2D eigenvalue weighted by molar-refractivity contribution is 0.0993. The van der Waals surface area contributed by atoms with E-state index < -0.39 is 0 Å². The van der Waals surface area contributed by atoms with Gasteiger partial charge in [0.1, 0.15) is 11.5 Å². The van der Waals surface area contributed by atoms with Crippen molar-refractivity contribution in [2.24, 2.45) is 0 Å². The number of carbonyl (C=O) groups is 1. The van der Waals surface area contributed by atoms with Gasteiger partial charge in [-0.2, -0.15) is 0 Å². The van der Waals surface area contributed by atoms with Gasteiger partial charge in [0.2, 0.25) is 0 Å². The van der Waals surface area contributed by atoms with Crippen molar-refractivity contribution in [2.75, 3.05) is 5.73 Å². The van der Waals surface area contributed by atoms with E-state index in [1.165, 1.54) is 0 Å². The standard InChI is InChI=1S/C14H11NO2/c15-10-5-6-13-9(7-10)8-12(16)11-3-1-2-4-14(11)17-13/h1-7H,8,15H2. The minimum absolute atomic E-state index is 0.0601. The molecule has 3 nitrogen and oxygen atoms in total. The normalized spacial score (nSPS) is 13.3. The zero-order valence-electron chi connectivity index (χ0n) is 9.14. The van der Waals surface area contributed by atoms with E-state index in [-0.39, 0.29) is 5.78 Å². The van der Waals surface area contributed by atoms with E-state index in [0.717, 1.165) is 5.56 Å². The van der Waals surface area contributed by atoms with Gasteiger partial charge in [0, 0.05) is 17.7 Å². The van der Waals surface area contributed by atoms with Gasteiger partial charge >= 0.3 is 0 Å². The van der Waals surface area contributed by atoms with Crippen LogP contribution in [0, 0.1) is 0 Å². The molecule has 3 heteroatoms. The lowest BCUT2D eigenvalue weighted by Gasteiger charge is -2.07. The maximum atomic E-state index is 12.1. The molecule has 0 unspecified atom stereocenters. The quantitative estimate of drug-likeness (QED) is 0.701. The molecule has 0 aliphatic carbocycles. The van der Waals surface area contributed by atoms with Crippen LogP contribution >= 0.6 is 0 Å². The van der Waals surface area contributed by atoms with E-state index in [0.29, 0.717) is 29.2 Å². The first-order valence-corrected chi connectivity index (χ1v) is 5.42. The fourth-order valence-corrected chi connectivity index (χ4v) is 2.01. The van der Waals surface area contributed by atoms with Crippen LogP contribution in [-0.4, -0.2) is 5.78 Å². The fraction of sp³-hybridized carbons (Fsp3) is 0.0714. The van der Waals surface area contributed by atoms with Gasteiger partial charge in [0.25, 0.3) is 0 Å². The molecular weight excluding hydrogens is 214 g/mol. The minimum Gasteiger partial charge on any atom is -0.456 e. The van der Waals surface area contributed by atoms with Crippen molar-refractivity contribution in [1.29, 1.82) is 0 Å². The number of nitrogen functional groups attached to an aromatic ring is 1. The predicted octanol–water partition coefficient (Wildman–Crippen LogP) is 2.80. The second kappa shape index (κ2) is 3.63. The van der Waals surface area contributed by atoms with Crippen molar-refractivity contribution < 1.29 is 9.53 Å². The Hall–Kier alpha value is -2.29. The molecule has 0 radical (unpaired) electrons. The van der Waals surface area contributed by atoms with Crippen LogP contribution in [0.2, 0.25) is 0 Å². The molecule has 2 N–H and O–H groups in total. The first-order chi connectivity index (χ1) is 8.24. The fourth-order valence-electron chi connectivity index (χ4n) is 2.01. The number of ketones is 1. The second-order valence-corrected chi connectivity index (χ2v) is 4.07. The van der Waals surface area contributed by atoms with Crippen LogP contribution in [0.25, 0.3) is 0 Å². The Bertz CT molecular complexity index is 605. The van der Waals surface area contributed by atoms with Crippen LogP contribution < -0.4 is 10.5 Å². The largest absolute Gasteiger partial charge is 0.456 e. The molecular formula is C14H11NO2. The molecule has 2 aromatic rings. The number of carbonyl (C=O) groups excluding carboxylic acids is 1. The molecule has 84 valence electrons. The lowest BCUT2D eigenvalue weighted by Crippen LogP contribution is -2.01. The van der Waals surface area contributed by atoms with Crippen LogP contribution in [0.5, 0.6) is 11.5 Å². The van der Waals surface area contributed by atoms with Gasteiger partial charge in [-0.05, 0) is 30.3 Å². The molecule has 0 atom stereocenters. The Morgan fingerprint density at radius 2 is 1.88 bits per heavy atom. The maximum absolute atomic E-state index is 12.1. The Morgan fingerprint density at radius 3 is 2.76 bits per heavy atom. The molecule has 0 amide bonds. The van der Waals surface area contributed by atoms with Crippen molar-refractivity contribution in [3.8, 4) is 11.5 Å². The van der Waals surface area contributed by atoms with Crippen LogP contribution in [0.4, 0.5) is 5.69 Å². The summed E-state index contributed by atoms with van der Waals surface area (Å²) in [7, 11) is 0. The summed E-state index contributed by atoms with van der Waals surface area (Å²) in [6.07, 6.45) is 0.331. The van der Waals surface area contributed by atoms with E-state index in [9.17, 15) is 4.79 Å². The van der Waals surface area contributed by atoms with Crippen LogP contribution in [0.15, 0.2) is 42.5 Å². The third kappa shape index (κ3) is 1.65. The Kier molecular flexibility index (Phi) is 2.11. The number of hydrogen-bond donors (Lipinski definition) is 1. The lowest BCUT2D eigenvalue weighted by atomic mass is 10.0. The van der Waals surface area contributed by atoms with Crippen molar-refractivity contribution in [3.63, 3.8) is 0 Å². The highest BCUT2D eigenvalue weighted by atomic mass is 16.5. The van der Waals surface area contributed by atoms with E-state index >= 15 is 0 Å². The zero-order chi connectivity index (χ0) is 11.8. The monoisotopic (exact) mass is 225 g/mol. The maximum Gasteiger partial charge on any atom is 0.171 e. The van der Waals surface area contributed by atoms with E-state index in [1.54, 1.807) is 30.3 Å². The zero-order valence-corrected chi connectivity index (χ0v) is 9.14. The van der Waals surface area contributed by atoms with Crippen molar-refractivity contribution in [3.05, 3.63) is 53.6 Å². The van der Waals surface area contributed by atoms with E-state index in [2.05, 4.69) is 0 Å². The van der Waals surface area contributed by atoms with Crippen molar-refractivity contribution in [1.82, 2.24) is 0 Å². The number of nitrogens with two attached hydrogens (primary N) is 1. The van der Waals surface area contributed by atoms with Crippen LogP contribution in [0.1, 0.15) is 15.9 Å². The van der Waals surface area contributed by atoms with E-state index in [1.807, 2.05) is 12.1 Å². The number of rotatable bonds is 0. The molecule has 0 bridgehead atoms. The number of para-hydroxylation sites is 1. The Morgan fingerprint density at radius 1 is 1.06 bits per heavy atom. The molecule has 0 spiro atoms. The SMILES string of the molecule is Nc1ccc2c(c1)CC(=O)c1ccccc1O2. The average molecular weight is 225 g/mol. The highest BCUT2D eigenvalue weighted by Crippen LogP contribution is 2.34. The summed E-state index contributed by atoms with van der Waals surface area (Å²) >= 11 is 0. The highest BCUT2D eigenvalue weighted by Gasteiger charge is 2.20. The molecule has 1 aliphatic rings. The summed E-state index contributed by atoms with van der Waals surface area (Å²) in [6, 6.07) is 12.7. The molecule has 0 aromatic heterocycles.